The van der Waals surface area contributed by atoms with E-state index in [9.17, 15) is 13.2 Å². The Kier molecular flexibility index (Phi) is 6.59. The Hall–Kier alpha value is -1.45. The predicted molar refractivity (Wildman–Crippen MR) is 91.5 cm³/mol. The minimum atomic E-state index is -3.61. The molecule has 0 spiro atoms. The van der Waals surface area contributed by atoms with Crippen LogP contribution in [0, 0.1) is 25.7 Å². The molecule has 0 aliphatic carbocycles. The van der Waals surface area contributed by atoms with E-state index in [4.69, 9.17) is 9.26 Å². The summed E-state index contributed by atoms with van der Waals surface area (Å²) in [6.07, 6.45) is 1.31. The topological polar surface area (TPSA) is 102 Å². The van der Waals surface area contributed by atoms with Crippen LogP contribution in [0.5, 0.6) is 0 Å². The van der Waals surface area contributed by atoms with E-state index in [1.807, 2.05) is 6.92 Å². The molecule has 0 saturated carbocycles. The largest absolute Gasteiger partial charge is 0.383 e. The van der Waals surface area contributed by atoms with Crippen LogP contribution in [0.25, 0.3) is 0 Å². The summed E-state index contributed by atoms with van der Waals surface area (Å²) >= 11 is 0. The number of aryl methyl sites for hydroxylation is 2. The first-order valence-electron chi connectivity index (χ1n) is 8.48. The lowest BCUT2D eigenvalue weighted by Gasteiger charge is -2.33. The van der Waals surface area contributed by atoms with Crippen LogP contribution >= 0.6 is 0 Å². The van der Waals surface area contributed by atoms with E-state index in [1.165, 1.54) is 4.31 Å². The molecule has 1 atom stereocenters. The summed E-state index contributed by atoms with van der Waals surface area (Å²) in [6.45, 7) is 6.88. The van der Waals surface area contributed by atoms with Crippen LogP contribution < -0.4 is 5.32 Å². The third-order valence-corrected chi connectivity index (χ3v) is 6.93. The van der Waals surface area contributed by atoms with Gasteiger partial charge in [0.2, 0.25) is 15.9 Å². The van der Waals surface area contributed by atoms with E-state index in [1.54, 1.807) is 21.0 Å². The Balaban J connectivity index is 1.96. The fourth-order valence-electron chi connectivity index (χ4n) is 3.24. The second-order valence-corrected chi connectivity index (χ2v) is 8.34. The number of hydrogen-bond acceptors (Lipinski definition) is 6. The summed E-state index contributed by atoms with van der Waals surface area (Å²) in [5.74, 6) is 0.314. The van der Waals surface area contributed by atoms with Gasteiger partial charge in [-0.05, 0) is 32.6 Å². The number of methoxy groups -OCH3 is 1. The molecule has 0 aromatic carbocycles. The van der Waals surface area contributed by atoms with Gasteiger partial charge in [0.05, 0.1) is 6.61 Å². The fraction of sp³-hybridized carbons (Fsp3) is 0.750. The predicted octanol–water partition coefficient (Wildman–Crippen LogP) is 1.09. The van der Waals surface area contributed by atoms with E-state index in [0.29, 0.717) is 50.5 Å². The zero-order valence-corrected chi connectivity index (χ0v) is 16.1. The minimum absolute atomic E-state index is 0.0101. The zero-order valence-electron chi connectivity index (χ0n) is 15.2. The van der Waals surface area contributed by atoms with Crippen LogP contribution in [0.1, 0.15) is 31.2 Å². The molecule has 0 bridgehead atoms. The first kappa shape index (κ1) is 19.9. The molecule has 25 heavy (non-hydrogen) atoms. The second kappa shape index (κ2) is 8.29. The molecule has 1 unspecified atom stereocenters. The van der Waals surface area contributed by atoms with Crippen molar-refractivity contribution in [1.82, 2.24) is 14.8 Å². The van der Waals surface area contributed by atoms with Crippen molar-refractivity contribution in [2.45, 2.75) is 38.5 Å². The molecular formula is C16H27N3O5S. The van der Waals surface area contributed by atoms with E-state index in [2.05, 4.69) is 10.5 Å². The van der Waals surface area contributed by atoms with Gasteiger partial charge in [-0.3, -0.25) is 4.79 Å². The highest BCUT2D eigenvalue weighted by Crippen LogP contribution is 2.30. The van der Waals surface area contributed by atoms with Gasteiger partial charge in [-0.15, -0.1) is 0 Å². The van der Waals surface area contributed by atoms with Gasteiger partial charge in [0.15, 0.2) is 5.76 Å². The number of ether oxygens (including phenoxy) is 1. The third kappa shape index (κ3) is 4.39. The number of piperidine rings is 1. The van der Waals surface area contributed by atoms with E-state index in [0.717, 1.165) is 0 Å². The second-order valence-electron chi connectivity index (χ2n) is 6.47. The lowest BCUT2D eigenvalue weighted by molar-refractivity contribution is -0.126. The average Bonchev–Trinajstić information content (AvgIpc) is 2.93. The number of carbonyl (C=O) groups excluding carboxylic acids is 1. The molecular weight excluding hydrogens is 346 g/mol. The molecule has 2 heterocycles. The van der Waals surface area contributed by atoms with Crippen LogP contribution in [0.4, 0.5) is 0 Å². The fourth-order valence-corrected chi connectivity index (χ4v) is 5.00. The molecule has 1 amide bonds. The number of carbonyl (C=O) groups is 1. The van der Waals surface area contributed by atoms with E-state index in [-0.39, 0.29) is 22.6 Å². The van der Waals surface area contributed by atoms with Crippen molar-refractivity contribution >= 4 is 15.9 Å². The van der Waals surface area contributed by atoms with Crippen molar-refractivity contribution in [3.8, 4) is 0 Å². The lowest BCUT2D eigenvalue weighted by atomic mass is 9.85. The van der Waals surface area contributed by atoms with Crippen LogP contribution in [0.3, 0.4) is 0 Å². The van der Waals surface area contributed by atoms with Crippen LogP contribution in [-0.2, 0) is 19.6 Å². The molecule has 8 nitrogen and oxygen atoms in total. The summed E-state index contributed by atoms with van der Waals surface area (Å²) in [4.78, 5) is 12.3. The van der Waals surface area contributed by atoms with Crippen LogP contribution in [0.15, 0.2) is 9.42 Å². The van der Waals surface area contributed by atoms with E-state index >= 15 is 0 Å². The number of rotatable bonds is 7. The molecule has 1 aromatic heterocycles. The number of hydrogen-bond donors (Lipinski definition) is 1. The molecule has 2 rings (SSSR count). The highest BCUT2D eigenvalue weighted by molar-refractivity contribution is 7.89. The third-order valence-electron chi connectivity index (χ3n) is 4.79. The van der Waals surface area contributed by atoms with Crippen LogP contribution in [0.2, 0.25) is 0 Å². The molecule has 142 valence electrons. The maximum Gasteiger partial charge on any atom is 0.248 e. The highest BCUT2D eigenvalue weighted by Gasteiger charge is 2.36. The Bertz CT molecular complexity index is 673. The summed E-state index contributed by atoms with van der Waals surface area (Å²) in [5.41, 5.74) is 0.380. The Labute approximate surface area is 148 Å². The Morgan fingerprint density at radius 1 is 1.40 bits per heavy atom. The van der Waals surface area contributed by atoms with Gasteiger partial charge in [0.25, 0.3) is 0 Å². The molecule has 1 saturated heterocycles. The smallest absolute Gasteiger partial charge is 0.248 e. The molecule has 1 N–H and O–H groups in total. The van der Waals surface area contributed by atoms with Crippen molar-refractivity contribution in [3.05, 3.63) is 11.5 Å². The van der Waals surface area contributed by atoms with Gasteiger partial charge in [0.1, 0.15) is 10.6 Å². The van der Waals surface area contributed by atoms with Crippen molar-refractivity contribution in [3.63, 3.8) is 0 Å². The molecule has 0 radical (unpaired) electrons. The van der Waals surface area contributed by atoms with Gasteiger partial charge in [-0.1, -0.05) is 12.1 Å². The molecule has 9 heteroatoms. The quantitative estimate of drug-likeness (QED) is 0.718. The first-order valence-corrected chi connectivity index (χ1v) is 9.92. The normalized spacial score (nSPS) is 18.2. The van der Waals surface area contributed by atoms with Crippen molar-refractivity contribution in [2.24, 2.45) is 11.8 Å². The van der Waals surface area contributed by atoms with Gasteiger partial charge in [-0.2, -0.15) is 4.31 Å². The number of sulfonamides is 1. The Morgan fingerprint density at radius 2 is 2.04 bits per heavy atom. The van der Waals surface area contributed by atoms with Crippen LogP contribution in [-0.4, -0.2) is 57.1 Å². The maximum absolute atomic E-state index is 12.8. The Morgan fingerprint density at radius 3 is 2.56 bits per heavy atom. The van der Waals surface area contributed by atoms with Crippen molar-refractivity contribution < 1.29 is 22.5 Å². The summed E-state index contributed by atoms with van der Waals surface area (Å²) in [7, 11) is -2.02. The standard InChI is InChI=1S/C16H27N3O5S/c1-11(16(20)17-7-10-23-4)14-5-8-19(9-6-14)25(21,22)15-12(2)18-24-13(15)3/h11,14H,5-10H2,1-4H3,(H,17,20). The van der Waals surface area contributed by atoms with Gasteiger partial charge in [-0.25, -0.2) is 8.42 Å². The molecule has 1 aromatic rings. The maximum atomic E-state index is 12.8. The monoisotopic (exact) mass is 373 g/mol. The summed E-state index contributed by atoms with van der Waals surface area (Å²) < 4.78 is 37.0. The average molecular weight is 373 g/mol. The zero-order chi connectivity index (χ0) is 18.6. The minimum Gasteiger partial charge on any atom is -0.383 e. The SMILES string of the molecule is COCCNC(=O)C(C)C1CCN(S(=O)(=O)c2c(C)noc2C)CC1. The van der Waals surface area contributed by atoms with Crippen molar-refractivity contribution in [1.29, 1.82) is 0 Å². The number of nitrogens with zero attached hydrogens (tertiary/aromatic N) is 2. The summed E-state index contributed by atoms with van der Waals surface area (Å²) in [6, 6.07) is 0. The lowest BCUT2D eigenvalue weighted by Crippen LogP contribution is -2.43. The number of nitrogens with one attached hydrogen (secondary N) is 1. The summed E-state index contributed by atoms with van der Waals surface area (Å²) in [5, 5.41) is 6.58. The first-order chi connectivity index (χ1) is 11.8. The highest BCUT2D eigenvalue weighted by atomic mass is 32.2. The van der Waals surface area contributed by atoms with Gasteiger partial charge < -0.3 is 14.6 Å². The van der Waals surface area contributed by atoms with E-state index < -0.39 is 10.0 Å². The van der Waals surface area contributed by atoms with Gasteiger partial charge in [0, 0.05) is 32.7 Å². The number of aromatic nitrogens is 1. The van der Waals surface area contributed by atoms with Gasteiger partial charge >= 0.3 is 0 Å². The molecule has 1 aliphatic rings. The molecule has 1 fully saturated rings. The van der Waals surface area contributed by atoms with Crippen molar-refractivity contribution in [2.75, 3.05) is 33.4 Å². The molecule has 1 aliphatic heterocycles. The number of amides is 1.